The lowest BCUT2D eigenvalue weighted by molar-refractivity contribution is -0.146. The molecule has 1 saturated carbocycles. The summed E-state index contributed by atoms with van der Waals surface area (Å²) in [6.45, 7) is 4.02. The molecule has 0 amide bonds. The van der Waals surface area contributed by atoms with Crippen LogP contribution >= 0.6 is 8.86 Å². The minimum Gasteiger partial charge on any atom is -0.465 e. The standard InChI is InChI=1S/C13H21F2N2O2P/c1-3-19-13(18)6-4-17-11-5(2)8(14)9(15)10(16)7(11)12(6)20/h5-11,17,20H,3-4,16H2,1-2H3. The van der Waals surface area contributed by atoms with E-state index in [1.165, 1.54) is 0 Å². The topological polar surface area (TPSA) is 64.3 Å². The Morgan fingerprint density at radius 3 is 2.75 bits per heavy atom. The maximum absolute atomic E-state index is 14.0. The van der Waals surface area contributed by atoms with E-state index in [9.17, 15) is 13.6 Å². The molecule has 7 heteroatoms. The predicted octanol–water partition coefficient (Wildman–Crippen LogP) is 0.722. The van der Waals surface area contributed by atoms with Gasteiger partial charge in [0.25, 0.3) is 0 Å². The first-order valence-electron chi connectivity index (χ1n) is 6.92. The van der Waals surface area contributed by atoms with Crippen molar-refractivity contribution >= 4 is 20.1 Å². The number of carbonyl (C=O) groups is 1. The average Bonchev–Trinajstić information content (AvgIpc) is 2.42. The molecule has 1 heterocycles. The van der Waals surface area contributed by atoms with Gasteiger partial charge < -0.3 is 15.8 Å². The first-order valence-corrected chi connectivity index (χ1v) is 7.42. The molecule has 0 aromatic carbocycles. The number of piperidine rings is 1. The molecule has 7 unspecified atom stereocenters. The summed E-state index contributed by atoms with van der Waals surface area (Å²) >= 11 is 0. The van der Waals surface area contributed by atoms with Gasteiger partial charge >= 0.3 is 5.97 Å². The highest BCUT2D eigenvalue weighted by atomic mass is 31.0. The summed E-state index contributed by atoms with van der Waals surface area (Å²) < 4.78 is 32.8. The molecule has 114 valence electrons. The van der Waals surface area contributed by atoms with Gasteiger partial charge in [-0.25, -0.2) is 8.78 Å². The quantitative estimate of drug-likeness (QED) is 0.583. The van der Waals surface area contributed by atoms with Crippen LogP contribution in [0.4, 0.5) is 8.78 Å². The molecule has 2 aliphatic rings. The van der Waals surface area contributed by atoms with Crippen LogP contribution in [0.1, 0.15) is 13.8 Å². The molecular weight excluding hydrogens is 285 g/mol. The van der Waals surface area contributed by atoms with Crippen LogP contribution in [0.3, 0.4) is 0 Å². The Morgan fingerprint density at radius 2 is 2.15 bits per heavy atom. The molecule has 4 nitrogen and oxygen atoms in total. The van der Waals surface area contributed by atoms with Crippen LogP contribution in [0, 0.1) is 17.8 Å². The summed E-state index contributed by atoms with van der Waals surface area (Å²) in [5.74, 6) is -1.81. The number of fused-ring (bicyclic) bond motifs is 1. The Balaban J connectivity index is 2.21. The van der Waals surface area contributed by atoms with Gasteiger partial charge in [-0.15, -0.1) is 8.86 Å². The van der Waals surface area contributed by atoms with Crippen molar-refractivity contribution < 1.29 is 18.3 Å². The zero-order valence-electron chi connectivity index (χ0n) is 11.6. The van der Waals surface area contributed by atoms with Gasteiger partial charge in [0.2, 0.25) is 0 Å². The fourth-order valence-electron chi connectivity index (χ4n) is 3.23. The van der Waals surface area contributed by atoms with E-state index in [0.717, 1.165) is 0 Å². The van der Waals surface area contributed by atoms with E-state index in [-0.39, 0.29) is 18.6 Å². The zero-order chi connectivity index (χ0) is 15.0. The third-order valence-electron chi connectivity index (χ3n) is 4.41. The highest BCUT2D eigenvalue weighted by Gasteiger charge is 2.53. The van der Waals surface area contributed by atoms with E-state index < -0.39 is 36.1 Å². The van der Waals surface area contributed by atoms with Gasteiger partial charge in [-0.1, -0.05) is 6.92 Å². The van der Waals surface area contributed by atoms with Gasteiger partial charge in [-0.2, -0.15) is 0 Å². The number of rotatable bonds is 2. The molecule has 1 aliphatic carbocycles. The Hall–Kier alpha value is -0.580. The van der Waals surface area contributed by atoms with E-state index in [0.29, 0.717) is 11.8 Å². The minimum absolute atomic E-state index is 0.273. The number of halogens is 2. The van der Waals surface area contributed by atoms with Crippen molar-refractivity contribution in [2.24, 2.45) is 23.5 Å². The van der Waals surface area contributed by atoms with Crippen LogP contribution in [-0.2, 0) is 9.53 Å². The first kappa shape index (κ1) is 15.8. The van der Waals surface area contributed by atoms with E-state index in [2.05, 4.69) is 14.2 Å². The second-order valence-electron chi connectivity index (χ2n) is 5.55. The van der Waals surface area contributed by atoms with Gasteiger partial charge in [0.05, 0.1) is 12.5 Å². The molecule has 0 bridgehead atoms. The van der Waals surface area contributed by atoms with Crippen LogP contribution in [0.25, 0.3) is 0 Å². The fraction of sp³-hybridized carbons (Fsp3) is 0.846. The molecule has 3 N–H and O–H groups in total. The fourth-order valence-corrected chi connectivity index (χ4v) is 3.82. The lowest BCUT2D eigenvalue weighted by Gasteiger charge is -2.49. The minimum atomic E-state index is -1.72. The van der Waals surface area contributed by atoms with Crippen molar-refractivity contribution in [3.63, 3.8) is 0 Å². The van der Waals surface area contributed by atoms with Crippen molar-refractivity contribution in [3.8, 4) is 0 Å². The second kappa shape index (κ2) is 6.04. The number of ether oxygens (including phenoxy) is 1. The lowest BCUT2D eigenvalue weighted by atomic mass is 9.67. The Morgan fingerprint density at radius 1 is 1.50 bits per heavy atom. The van der Waals surface area contributed by atoms with Crippen molar-refractivity contribution in [3.05, 3.63) is 0 Å². The van der Waals surface area contributed by atoms with Crippen LogP contribution < -0.4 is 11.1 Å². The van der Waals surface area contributed by atoms with Gasteiger partial charge in [-0.05, 0) is 12.2 Å². The number of nitrogens with one attached hydrogen (secondary N) is 1. The lowest BCUT2D eigenvalue weighted by Crippen LogP contribution is -2.68. The molecule has 2 rings (SSSR count). The number of hydrogen-bond donors (Lipinski definition) is 2. The van der Waals surface area contributed by atoms with Crippen LogP contribution in [0.15, 0.2) is 0 Å². The first-order chi connectivity index (χ1) is 9.40. The molecule has 20 heavy (non-hydrogen) atoms. The largest absolute Gasteiger partial charge is 0.465 e. The summed E-state index contributed by atoms with van der Waals surface area (Å²) in [6, 6.07) is -1.24. The molecule has 1 aliphatic heterocycles. The molecule has 7 atom stereocenters. The zero-order valence-corrected chi connectivity index (χ0v) is 12.6. The van der Waals surface area contributed by atoms with Gasteiger partial charge in [0.15, 0.2) is 0 Å². The predicted molar refractivity (Wildman–Crippen MR) is 75.7 cm³/mol. The summed E-state index contributed by atoms with van der Waals surface area (Å²) in [4.78, 5) is 11.9. The van der Waals surface area contributed by atoms with E-state index in [1.54, 1.807) is 13.8 Å². The van der Waals surface area contributed by atoms with Crippen molar-refractivity contribution in [2.75, 3.05) is 13.2 Å². The number of carbonyl (C=O) groups excluding carboxylic acids is 1. The summed E-state index contributed by atoms with van der Waals surface area (Å²) in [5, 5.41) is 3.74. The van der Waals surface area contributed by atoms with Crippen LogP contribution in [0.2, 0.25) is 0 Å². The maximum Gasteiger partial charge on any atom is 0.314 e. The summed E-state index contributed by atoms with van der Waals surface area (Å²) in [5.41, 5.74) is 5.85. The number of hydrogen-bond acceptors (Lipinski definition) is 4. The molecule has 0 spiro atoms. The highest BCUT2D eigenvalue weighted by molar-refractivity contribution is 7.21. The Labute approximate surface area is 119 Å². The number of esters is 1. The summed E-state index contributed by atoms with van der Waals surface area (Å²) in [6.07, 6.45) is -3.31. The second-order valence-corrected chi connectivity index (χ2v) is 6.12. The van der Waals surface area contributed by atoms with Gasteiger partial charge in [0, 0.05) is 30.5 Å². The molecular formula is C13H21F2N2O2P. The van der Waals surface area contributed by atoms with Gasteiger partial charge in [-0.3, -0.25) is 4.79 Å². The van der Waals surface area contributed by atoms with E-state index in [1.807, 2.05) is 0 Å². The molecule has 0 aromatic rings. The SMILES string of the molecule is CCOC(=O)C1CNC2C(C)C(F)C(F)C(N)C2C1=P. The molecule has 0 aromatic heterocycles. The highest BCUT2D eigenvalue weighted by Crippen LogP contribution is 2.38. The van der Waals surface area contributed by atoms with Crippen LogP contribution in [-0.4, -0.2) is 48.8 Å². The average molecular weight is 306 g/mol. The van der Waals surface area contributed by atoms with Crippen molar-refractivity contribution in [2.45, 2.75) is 38.3 Å². The van der Waals surface area contributed by atoms with Crippen molar-refractivity contribution in [1.29, 1.82) is 0 Å². The Bertz CT molecular complexity index is 410. The molecule has 1 saturated heterocycles. The third-order valence-corrected chi connectivity index (χ3v) is 5.09. The maximum atomic E-state index is 14.0. The molecule has 0 radical (unpaired) electrons. The van der Waals surface area contributed by atoms with Crippen LogP contribution in [0.5, 0.6) is 0 Å². The van der Waals surface area contributed by atoms with Crippen molar-refractivity contribution in [1.82, 2.24) is 5.32 Å². The smallest absolute Gasteiger partial charge is 0.314 e. The normalized spacial score (nSPS) is 44.9. The number of alkyl halides is 2. The van der Waals surface area contributed by atoms with E-state index in [4.69, 9.17) is 10.5 Å². The van der Waals surface area contributed by atoms with E-state index >= 15 is 0 Å². The Kier molecular flexibility index (Phi) is 4.77. The third kappa shape index (κ3) is 2.49. The monoisotopic (exact) mass is 306 g/mol. The van der Waals surface area contributed by atoms with Gasteiger partial charge in [0.1, 0.15) is 12.3 Å². The number of nitrogens with two attached hydrogens (primary N) is 1. The summed E-state index contributed by atoms with van der Waals surface area (Å²) in [7, 11) is 3.45. The molecule has 2 fully saturated rings.